The standard InChI is InChI=1S/C16H12ClN3OS/c17-10-4-1-3-9(7-10)11-5-2-6-13-12(11)8-14(22-13)15(21)20-16(18)19/h1-8H,(H4,18,19,20,21). The minimum absolute atomic E-state index is 0.238. The fourth-order valence-corrected chi connectivity index (χ4v) is 3.41. The van der Waals surface area contributed by atoms with Crippen molar-refractivity contribution < 1.29 is 4.79 Å². The predicted octanol–water partition coefficient (Wildman–Crippen LogP) is 3.64. The van der Waals surface area contributed by atoms with Gasteiger partial charge in [-0.1, -0.05) is 35.9 Å². The first-order valence-electron chi connectivity index (χ1n) is 6.47. The van der Waals surface area contributed by atoms with Crippen molar-refractivity contribution in [2.45, 2.75) is 0 Å². The van der Waals surface area contributed by atoms with Crippen LogP contribution in [0.4, 0.5) is 0 Å². The van der Waals surface area contributed by atoms with E-state index in [0.29, 0.717) is 9.90 Å². The summed E-state index contributed by atoms with van der Waals surface area (Å²) in [5.41, 5.74) is 12.5. The molecule has 0 saturated heterocycles. The minimum Gasteiger partial charge on any atom is -0.370 e. The van der Waals surface area contributed by atoms with Crippen molar-refractivity contribution in [2.75, 3.05) is 0 Å². The molecule has 1 amide bonds. The van der Waals surface area contributed by atoms with Gasteiger partial charge in [0.25, 0.3) is 5.91 Å². The molecule has 110 valence electrons. The van der Waals surface area contributed by atoms with Crippen LogP contribution in [0.15, 0.2) is 53.5 Å². The number of halogens is 1. The highest BCUT2D eigenvalue weighted by Gasteiger charge is 2.13. The molecule has 3 rings (SSSR count). The smallest absolute Gasteiger partial charge is 0.290 e. The number of nitrogens with two attached hydrogens (primary N) is 2. The summed E-state index contributed by atoms with van der Waals surface area (Å²) in [5, 5.41) is 1.64. The van der Waals surface area contributed by atoms with Gasteiger partial charge in [0.2, 0.25) is 0 Å². The summed E-state index contributed by atoms with van der Waals surface area (Å²) in [5.74, 6) is -0.671. The van der Waals surface area contributed by atoms with Gasteiger partial charge in [0.05, 0.1) is 4.88 Å². The van der Waals surface area contributed by atoms with Crippen molar-refractivity contribution in [3.63, 3.8) is 0 Å². The van der Waals surface area contributed by atoms with Gasteiger partial charge in [-0.25, -0.2) is 0 Å². The number of aliphatic imine (C=N–C) groups is 1. The zero-order chi connectivity index (χ0) is 15.7. The topological polar surface area (TPSA) is 81.5 Å². The molecule has 0 unspecified atom stereocenters. The van der Waals surface area contributed by atoms with Gasteiger partial charge in [0, 0.05) is 15.1 Å². The lowest BCUT2D eigenvalue weighted by atomic mass is 10.0. The number of benzene rings is 2. The molecule has 0 aliphatic rings. The van der Waals surface area contributed by atoms with Gasteiger partial charge >= 0.3 is 0 Å². The number of hydrogen-bond acceptors (Lipinski definition) is 2. The SMILES string of the molecule is NC(N)=NC(=O)c1cc2c(-c3cccc(Cl)c3)cccc2s1. The van der Waals surface area contributed by atoms with E-state index in [1.54, 1.807) is 0 Å². The second-order valence-corrected chi connectivity index (χ2v) is 6.20. The maximum absolute atomic E-state index is 12.0. The normalized spacial score (nSPS) is 10.6. The third-order valence-electron chi connectivity index (χ3n) is 3.14. The molecule has 1 aromatic heterocycles. The summed E-state index contributed by atoms with van der Waals surface area (Å²) in [6.07, 6.45) is 0. The largest absolute Gasteiger partial charge is 0.370 e. The van der Waals surface area contributed by atoms with Crippen molar-refractivity contribution in [3.8, 4) is 11.1 Å². The molecule has 0 saturated carbocycles. The molecule has 0 bridgehead atoms. The fraction of sp³-hybridized carbons (Fsp3) is 0. The second-order valence-electron chi connectivity index (χ2n) is 4.68. The Balaban J connectivity index is 2.15. The molecular weight excluding hydrogens is 318 g/mol. The molecule has 6 heteroatoms. The molecule has 0 atom stereocenters. The molecule has 4 N–H and O–H groups in total. The zero-order valence-corrected chi connectivity index (χ0v) is 13.0. The Morgan fingerprint density at radius 3 is 2.59 bits per heavy atom. The van der Waals surface area contributed by atoms with Gasteiger partial charge < -0.3 is 11.5 Å². The van der Waals surface area contributed by atoms with Crippen LogP contribution in [-0.4, -0.2) is 11.9 Å². The Labute approximate surface area is 136 Å². The van der Waals surface area contributed by atoms with Crippen molar-refractivity contribution in [1.82, 2.24) is 0 Å². The van der Waals surface area contributed by atoms with Crippen LogP contribution in [0.2, 0.25) is 5.02 Å². The Bertz CT molecular complexity index is 897. The van der Waals surface area contributed by atoms with Crippen LogP contribution in [0.3, 0.4) is 0 Å². The fourth-order valence-electron chi connectivity index (χ4n) is 2.25. The molecule has 0 fully saturated rings. The van der Waals surface area contributed by atoms with E-state index in [4.69, 9.17) is 23.1 Å². The Morgan fingerprint density at radius 1 is 1.09 bits per heavy atom. The number of guanidine groups is 1. The van der Waals surface area contributed by atoms with Crippen molar-refractivity contribution in [1.29, 1.82) is 0 Å². The summed E-state index contributed by atoms with van der Waals surface area (Å²) < 4.78 is 0.992. The van der Waals surface area contributed by atoms with Crippen molar-refractivity contribution in [2.24, 2.45) is 16.5 Å². The van der Waals surface area contributed by atoms with Crippen LogP contribution in [0.25, 0.3) is 21.2 Å². The Morgan fingerprint density at radius 2 is 1.86 bits per heavy atom. The number of fused-ring (bicyclic) bond motifs is 1. The third-order valence-corrected chi connectivity index (χ3v) is 4.46. The lowest BCUT2D eigenvalue weighted by Gasteiger charge is -2.03. The Kier molecular flexibility index (Phi) is 3.83. The van der Waals surface area contributed by atoms with E-state index in [1.165, 1.54) is 11.3 Å². The Hall–Kier alpha value is -2.37. The van der Waals surface area contributed by atoms with E-state index in [-0.39, 0.29) is 5.96 Å². The summed E-state index contributed by atoms with van der Waals surface area (Å²) in [4.78, 5) is 16.0. The molecule has 3 aromatic rings. The predicted molar refractivity (Wildman–Crippen MR) is 92.4 cm³/mol. The van der Waals surface area contributed by atoms with Crippen LogP contribution in [-0.2, 0) is 0 Å². The van der Waals surface area contributed by atoms with Crippen LogP contribution in [0.1, 0.15) is 9.67 Å². The molecule has 0 spiro atoms. The minimum atomic E-state index is -0.432. The average Bonchev–Trinajstić information content (AvgIpc) is 2.90. The number of rotatable bonds is 2. The van der Waals surface area contributed by atoms with E-state index in [1.807, 2.05) is 48.5 Å². The average molecular weight is 330 g/mol. The molecule has 0 aliphatic carbocycles. The first kappa shape index (κ1) is 14.6. The zero-order valence-electron chi connectivity index (χ0n) is 11.4. The van der Waals surface area contributed by atoms with E-state index < -0.39 is 5.91 Å². The molecule has 0 radical (unpaired) electrons. The molecule has 22 heavy (non-hydrogen) atoms. The maximum Gasteiger partial charge on any atom is 0.290 e. The first-order chi connectivity index (χ1) is 10.5. The highest BCUT2D eigenvalue weighted by atomic mass is 35.5. The van der Waals surface area contributed by atoms with Gasteiger partial charge in [-0.2, -0.15) is 4.99 Å². The second kappa shape index (κ2) is 5.79. The summed E-state index contributed by atoms with van der Waals surface area (Å²) in [6, 6.07) is 15.3. The summed E-state index contributed by atoms with van der Waals surface area (Å²) >= 11 is 7.42. The number of nitrogens with zero attached hydrogens (tertiary/aromatic N) is 1. The lowest BCUT2D eigenvalue weighted by molar-refractivity contribution is 0.101. The highest BCUT2D eigenvalue weighted by molar-refractivity contribution is 7.20. The number of amides is 1. The van der Waals surface area contributed by atoms with Crippen molar-refractivity contribution in [3.05, 3.63) is 58.4 Å². The van der Waals surface area contributed by atoms with Crippen LogP contribution in [0.5, 0.6) is 0 Å². The van der Waals surface area contributed by atoms with E-state index >= 15 is 0 Å². The number of carbonyl (C=O) groups excluding carboxylic acids is 1. The number of carbonyl (C=O) groups is 1. The van der Waals surface area contributed by atoms with E-state index in [2.05, 4.69) is 4.99 Å². The van der Waals surface area contributed by atoms with Crippen LogP contribution in [0, 0.1) is 0 Å². The quantitative estimate of drug-likeness (QED) is 0.556. The summed E-state index contributed by atoms with van der Waals surface area (Å²) in [6.45, 7) is 0. The molecule has 1 heterocycles. The van der Waals surface area contributed by atoms with E-state index in [9.17, 15) is 4.79 Å². The molecular formula is C16H12ClN3OS. The van der Waals surface area contributed by atoms with Gasteiger partial charge in [-0.05, 0) is 35.4 Å². The molecule has 2 aromatic carbocycles. The van der Waals surface area contributed by atoms with Gasteiger partial charge in [0.15, 0.2) is 5.96 Å². The monoisotopic (exact) mass is 329 g/mol. The van der Waals surface area contributed by atoms with E-state index in [0.717, 1.165) is 21.2 Å². The van der Waals surface area contributed by atoms with Crippen LogP contribution < -0.4 is 11.5 Å². The highest BCUT2D eigenvalue weighted by Crippen LogP contribution is 2.35. The molecule has 0 aliphatic heterocycles. The lowest BCUT2D eigenvalue weighted by Crippen LogP contribution is -2.24. The molecule has 4 nitrogen and oxygen atoms in total. The summed E-state index contributed by atoms with van der Waals surface area (Å²) in [7, 11) is 0. The third kappa shape index (κ3) is 2.81. The number of hydrogen-bond donors (Lipinski definition) is 2. The maximum atomic E-state index is 12.0. The first-order valence-corrected chi connectivity index (χ1v) is 7.66. The van der Waals surface area contributed by atoms with Gasteiger partial charge in [-0.3, -0.25) is 4.79 Å². The number of thiophene rings is 1. The van der Waals surface area contributed by atoms with Gasteiger partial charge in [0.1, 0.15) is 0 Å². The van der Waals surface area contributed by atoms with Crippen molar-refractivity contribution >= 4 is 44.9 Å². The van der Waals surface area contributed by atoms with Crippen LogP contribution >= 0.6 is 22.9 Å². The van der Waals surface area contributed by atoms with Gasteiger partial charge in [-0.15, -0.1) is 11.3 Å².